The molecule has 0 atom stereocenters. The van der Waals surface area contributed by atoms with Crippen molar-refractivity contribution in [2.24, 2.45) is 0 Å². The molecular weight excluding hydrogens is 398 g/mol. The number of ether oxygens (including phenoxy) is 1. The molecule has 1 aromatic carbocycles. The number of pyridine rings is 1. The number of nitrogens with zero attached hydrogens (tertiary/aromatic N) is 4. The fourth-order valence-electron chi connectivity index (χ4n) is 2.85. The van der Waals surface area contributed by atoms with Crippen LogP contribution in [0.5, 0.6) is 11.6 Å². The normalized spacial score (nSPS) is 12.5. The fourth-order valence-corrected chi connectivity index (χ4v) is 3.00. The summed E-state index contributed by atoms with van der Waals surface area (Å²) < 4.78 is 6.72. The van der Waals surface area contributed by atoms with E-state index < -0.39 is 11.5 Å². The van der Waals surface area contributed by atoms with Gasteiger partial charge in [-0.3, -0.25) is 14.4 Å². The van der Waals surface area contributed by atoms with Crippen molar-refractivity contribution in [2.75, 3.05) is 17.3 Å². The van der Waals surface area contributed by atoms with E-state index in [1.165, 1.54) is 23.1 Å². The zero-order chi connectivity index (χ0) is 20.5. The van der Waals surface area contributed by atoms with Crippen LogP contribution in [0.2, 0.25) is 5.15 Å². The Bertz CT molecular complexity index is 1190. The van der Waals surface area contributed by atoms with Crippen molar-refractivity contribution >= 4 is 34.8 Å². The van der Waals surface area contributed by atoms with Crippen LogP contribution in [0.15, 0.2) is 53.5 Å². The van der Waals surface area contributed by atoms with Gasteiger partial charge in [0.15, 0.2) is 0 Å². The lowest BCUT2D eigenvalue weighted by Crippen LogP contribution is -2.29. The molecule has 3 heterocycles. The van der Waals surface area contributed by atoms with Crippen molar-refractivity contribution in [1.82, 2.24) is 14.8 Å². The molecule has 0 spiro atoms. The lowest BCUT2D eigenvalue weighted by atomic mass is 10.1. The number of hydrogen-bond donors (Lipinski definition) is 1. The maximum Gasteiger partial charge on any atom is 0.267 e. The SMILES string of the molecule is CN1C(=O)c2cc(NC(=O)Cn3nc(Cl)ccc3=O)ccc2Oc2ncccc21. The third-order valence-corrected chi connectivity index (χ3v) is 4.45. The molecule has 29 heavy (non-hydrogen) atoms. The number of carbonyl (C=O) groups excluding carboxylic acids is 2. The zero-order valence-electron chi connectivity index (χ0n) is 15.1. The van der Waals surface area contributed by atoms with Gasteiger partial charge in [-0.1, -0.05) is 11.6 Å². The average molecular weight is 412 g/mol. The molecule has 0 bridgehead atoms. The second kappa shape index (κ2) is 7.36. The molecule has 2 aromatic heterocycles. The predicted molar refractivity (Wildman–Crippen MR) is 106 cm³/mol. The van der Waals surface area contributed by atoms with Crippen molar-refractivity contribution < 1.29 is 14.3 Å². The standard InChI is InChI=1S/C19H14ClN5O4/c1-24-13-3-2-8-21-18(13)29-14-5-4-11(9-12(14)19(24)28)22-16(26)10-25-17(27)7-6-15(20)23-25/h2-9H,10H2,1H3,(H,22,26). The summed E-state index contributed by atoms with van der Waals surface area (Å²) >= 11 is 5.76. The average Bonchev–Trinajstić information content (AvgIpc) is 2.80. The molecule has 0 radical (unpaired) electrons. The molecule has 0 aliphatic carbocycles. The molecule has 1 aliphatic heterocycles. The number of halogens is 1. The highest BCUT2D eigenvalue weighted by molar-refractivity contribution is 6.29. The lowest BCUT2D eigenvalue weighted by Gasteiger charge is -2.15. The largest absolute Gasteiger partial charge is 0.436 e. The van der Waals surface area contributed by atoms with Gasteiger partial charge in [0.2, 0.25) is 11.8 Å². The summed E-state index contributed by atoms with van der Waals surface area (Å²) in [4.78, 5) is 42.5. The van der Waals surface area contributed by atoms with Gasteiger partial charge >= 0.3 is 0 Å². The highest BCUT2D eigenvalue weighted by atomic mass is 35.5. The van der Waals surface area contributed by atoms with E-state index in [2.05, 4.69) is 15.4 Å². The van der Waals surface area contributed by atoms with Crippen LogP contribution in [-0.4, -0.2) is 33.6 Å². The zero-order valence-corrected chi connectivity index (χ0v) is 15.9. The van der Waals surface area contributed by atoms with Crippen LogP contribution in [-0.2, 0) is 11.3 Å². The second-order valence-corrected chi connectivity index (χ2v) is 6.59. The van der Waals surface area contributed by atoms with Crippen molar-refractivity contribution in [3.05, 3.63) is 69.7 Å². The Morgan fingerprint density at radius 3 is 2.86 bits per heavy atom. The number of hydrogen-bond acceptors (Lipinski definition) is 6. The van der Waals surface area contributed by atoms with Crippen LogP contribution in [0, 0.1) is 0 Å². The van der Waals surface area contributed by atoms with Gasteiger partial charge in [0.05, 0.1) is 5.56 Å². The van der Waals surface area contributed by atoms with E-state index in [9.17, 15) is 14.4 Å². The minimum Gasteiger partial charge on any atom is -0.436 e. The van der Waals surface area contributed by atoms with Gasteiger partial charge in [-0.2, -0.15) is 5.10 Å². The Kier molecular flexibility index (Phi) is 4.73. The van der Waals surface area contributed by atoms with Crippen LogP contribution in [0.3, 0.4) is 0 Å². The molecule has 10 heteroatoms. The van der Waals surface area contributed by atoms with Crippen molar-refractivity contribution in [1.29, 1.82) is 0 Å². The Hall–Kier alpha value is -3.72. The molecule has 4 rings (SSSR count). The number of anilines is 2. The molecule has 3 aromatic rings. The number of rotatable bonds is 3. The van der Waals surface area contributed by atoms with E-state index in [0.29, 0.717) is 23.0 Å². The summed E-state index contributed by atoms with van der Waals surface area (Å²) in [5.74, 6) is -0.173. The van der Waals surface area contributed by atoms with E-state index in [1.807, 2.05) is 0 Å². The first-order valence-electron chi connectivity index (χ1n) is 8.51. The van der Waals surface area contributed by atoms with E-state index >= 15 is 0 Å². The quantitative estimate of drug-likeness (QED) is 0.708. The molecule has 1 N–H and O–H groups in total. The molecule has 0 saturated heterocycles. The second-order valence-electron chi connectivity index (χ2n) is 6.20. The number of fused-ring (bicyclic) bond motifs is 2. The topological polar surface area (TPSA) is 106 Å². The van der Waals surface area contributed by atoms with E-state index in [0.717, 1.165) is 4.68 Å². The first kappa shape index (κ1) is 18.6. The van der Waals surface area contributed by atoms with Crippen LogP contribution in [0.25, 0.3) is 0 Å². The highest BCUT2D eigenvalue weighted by Gasteiger charge is 2.26. The van der Waals surface area contributed by atoms with Gasteiger partial charge < -0.3 is 15.0 Å². The summed E-state index contributed by atoms with van der Waals surface area (Å²) in [5.41, 5.74) is 0.710. The van der Waals surface area contributed by atoms with Crippen LogP contribution >= 0.6 is 11.6 Å². The van der Waals surface area contributed by atoms with Crippen LogP contribution in [0.1, 0.15) is 10.4 Å². The lowest BCUT2D eigenvalue weighted by molar-refractivity contribution is -0.117. The van der Waals surface area contributed by atoms with Crippen LogP contribution in [0.4, 0.5) is 11.4 Å². The number of nitrogens with one attached hydrogen (secondary N) is 1. The minimum absolute atomic E-state index is 0.0985. The molecule has 2 amide bonds. The molecule has 9 nitrogen and oxygen atoms in total. The summed E-state index contributed by atoms with van der Waals surface area (Å²) in [6.45, 7) is -0.323. The Morgan fingerprint density at radius 2 is 2.03 bits per heavy atom. The molecule has 0 fully saturated rings. The summed E-state index contributed by atoms with van der Waals surface area (Å²) in [6, 6.07) is 10.7. The molecule has 146 valence electrons. The fraction of sp³-hybridized carbons (Fsp3) is 0.105. The minimum atomic E-state index is -0.498. The Balaban J connectivity index is 1.59. The van der Waals surface area contributed by atoms with Crippen molar-refractivity contribution in [2.45, 2.75) is 6.54 Å². The highest BCUT2D eigenvalue weighted by Crippen LogP contribution is 2.37. The third-order valence-electron chi connectivity index (χ3n) is 4.24. The van der Waals surface area contributed by atoms with E-state index in [4.69, 9.17) is 16.3 Å². The van der Waals surface area contributed by atoms with Gasteiger partial charge in [0.1, 0.15) is 23.1 Å². The van der Waals surface area contributed by atoms with Crippen molar-refractivity contribution in [3.8, 4) is 11.6 Å². The third kappa shape index (κ3) is 3.67. The first-order valence-corrected chi connectivity index (χ1v) is 8.88. The van der Waals surface area contributed by atoms with Crippen molar-refractivity contribution in [3.63, 3.8) is 0 Å². The van der Waals surface area contributed by atoms with Gasteiger partial charge in [0.25, 0.3) is 11.5 Å². The Morgan fingerprint density at radius 1 is 1.21 bits per heavy atom. The number of aromatic nitrogens is 3. The monoisotopic (exact) mass is 411 g/mol. The maximum atomic E-state index is 12.8. The summed E-state index contributed by atoms with van der Waals surface area (Å²) in [7, 11) is 1.61. The predicted octanol–water partition coefficient (Wildman–Crippen LogP) is 2.31. The van der Waals surface area contributed by atoms with Gasteiger partial charge in [-0.15, -0.1) is 0 Å². The molecule has 0 saturated carbocycles. The van der Waals surface area contributed by atoms with Gasteiger partial charge in [-0.25, -0.2) is 9.67 Å². The number of benzene rings is 1. The molecular formula is C19H14ClN5O4. The van der Waals surface area contributed by atoms with E-state index in [1.54, 1.807) is 37.5 Å². The van der Waals surface area contributed by atoms with Gasteiger partial charge in [0, 0.05) is 25.0 Å². The van der Waals surface area contributed by atoms with Crippen LogP contribution < -0.4 is 20.5 Å². The summed E-state index contributed by atoms with van der Waals surface area (Å²) in [5, 5.41) is 6.54. The smallest absolute Gasteiger partial charge is 0.267 e. The maximum absolute atomic E-state index is 12.8. The van der Waals surface area contributed by atoms with E-state index in [-0.39, 0.29) is 23.2 Å². The van der Waals surface area contributed by atoms with Gasteiger partial charge in [-0.05, 0) is 36.4 Å². The number of carbonyl (C=O) groups is 2. The number of amides is 2. The molecule has 0 unspecified atom stereocenters. The first-order chi connectivity index (χ1) is 13.9. The summed E-state index contributed by atoms with van der Waals surface area (Å²) in [6.07, 6.45) is 1.57. The molecule has 1 aliphatic rings. The Labute approximate surface area is 169 Å².